The van der Waals surface area contributed by atoms with Crippen molar-refractivity contribution in [1.29, 1.82) is 0 Å². The molecular weight excluding hydrogens is 230 g/mol. The molecule has 0 amide bonds. The number of nitrogens with zero attached hydrogens (tertiary/aromatic N) is 2. The van der Waals surface area contributed by atoms with E-state index in [0.717, 1.165) is 35.4 Å². The zero-order valence-electron chi connectivity index (χ0n) is 11.5. The molecule has 17 heavy (non-hydrogen) atoms. The summed E-state index contributed by atoms with van der Waals surface area (Å²) in [5.74, 6) is 2.89. The van der Waals surface area contributed by atoms with E-state index in [9.17, 15) is 0 Å². The second-order valence-electron chi connectivity index (χ2n) is 5.02. The van der Waals surface area contributed by atoms with Crippen LogP contribution in [0.4, 0.5) is 5.82 Å². The van der Waals surface area contributed by atoms with Crippen molar-refractivity contribution in [2.24, 2.45) is 0 Å². The van der Waals surface area contributed by atoms with Gasteiger partial charge in [-0.15, -0.1) is 11.8 Å². The fourth-order valence-electron chi connectivity index (χ4n) is 1.33. The lowest BCUT2D eigenvalue weighted by Gasteiger charge is -2.18. The summed E-state index contributed by atoms with van der Waals surface area (Å²) in [5, 5.41) is 4.40. The van der Waals surface area contributed by atoms with Crippen molar-refractivity contribution >= 4 is 17.6 Å². The lowest BCUT2D eigenvalue weighted by atomic mass is 9.96. The summed E-state index contributed by atoms with van der Waals surface area (Å²) in [4.78, 5) is 9.20. The first kappa shape index (κ1) is 14.3. The largest absolute Gasteiger partial charge is 0.370 e. The number of aromatic nitrogens is 2. The maximum absolute atomic E-state index is 4.61. The zero-order valence-corrected chi connectivity index (χ0v) is 12.3. The molecular formula is C13H23N3S. The molecule has 96 valence electrons. The van der Waals surface area contributed by atoms with E-state index in [4.69, 9.17) is 0 Å². The normalized spacial score (nSPS) is 11.6. The van der Waals surface area contributed by atoms with Crippen LogP contribution in [-0.4, -0.2) is 22.3 Å². The summed E-state index contributed by atoms with van der Waals surface area (Å²) >= 11 is 1.76. The Balaban J connectivity index is 3.01. The lowest BCUT2D eigenvalue weighted by Crippen LogP contribution is -2.17. The molecule has 1 rings (SSSR count). The van der Waals surface area contributed by atoms with Crippen molar-refractivity contribution in [2.75, 3.05) is 17.6 Å². The van der Waals surface area contributed by atoms with Gasteiger partial charge in [-0.25, -0.2) is 9.97 Å². The minimum absolute atomic E-state index is 0.00699. The van der Waals surface area contributed by atoms with E-state index in [1.165, 1.54) is 0 Å². The second kappa shape index (κ2) is 6.24. The molecule has 0 bridgehead atoms. The van der Waals surface area contributed by atoms with Gasteiger partial charge in [0.05, 0.1) is 0 Å². The predicted octanol–water partition coefficient (Wildman–Crippen LogP) is 3.71. The van der Waals surface area contributed by atoms with Gasteiger partial charge < -0.3 is 5.32 Å². The van der Waals surface area contributed by atoms with E-state index in [2.05, 4.69) is 49.9 Å². The molecule has 3 nitrogen and oxygen atoms in total. The topological polar surface area (TPSA) is 37.8 Å². The van der Waals surface area contributed by atoms with Crippen molar-refractivity contribution < 1.29 is 0 Å². The molecule has 1 heterocycles. The Morgan fingerprint density at radius 2 is 1.94 bits per heavy atom. The van der Waals surface area contributed by atoms with Crippen LogP contribution in [0.2, 0.25) is 0 Å². The number of hydrogen-bond acceptors (Lipinski definition) is 4. The molecule has 0 radical (unpaired) electrons. The van der Waals surface area contributed by atoms with Gasteiger partial charge in [0.1, 0.15) is 16.7 Å². The number of nitrogens with one attached hydrogen (secondary N) is 1. The molecule has 0 aliphatic carbocycles. The highest BCUT2D eigenvalue weighted by molar-refractivity contribution is 7.99. The van der Waals surface area contributed by atoms with Crippen LogP contribution in [0.3, 0.4) is 0 Å². The summed E-state index contributed by atoms with van der Waals surface area (Å²) in [6.45, 7) is 11.7. The Morgan fingerprint density at radius 3 is 2.47 bits per heavy atom. The van der Waals surface area contributed by atoms with E-state index < -0.39 is 0 Å². The summed E-state index contributed by atoms with van der Waals surface area (Å²) in [7, 11) is 0. The molecule has 1 aromatic heterocycles. The third-order valence-corrected chi connectivity index (χ3v) is 3.02. The molecule has 0 fully saturated rings. The Kier molecular flexibility index (Phi) is 5.25. The predicted molar refractivity (Wildman–Crippen MR) is 75.9 cm³/mol. The van der Waals surface area contributed by atoms with Gasteiger partial charge >= 0.3 is 0 Å². The number of anilines is 1. The fourth-order valence-corrected chi connectivity index (χ4v) is 1.97. The van der Waals surface area contributed by atoms with E-state index in [-0.39, 0.29) is 5.41 Å². The Bertz CT molecular complexity index is 358. The average Bonchev–Trinajstić information content (AvgIpc) is 2.25. The van der Waals surface area contributed by atoms with Crippen LogP contribution in [0.15, 0.2) is 11.1 Å². The molecule has 4 heteroatoms. The van der Waals surface area contributed by atoms with Crippen molar-refractivity contribution in [3.05, 3.63) is 11.9 Å². The maximum Gasteiger partial charge on any atom is 0.137 e. The summed E-state index contributed by atoms with van der Waals surface area (Å²) in [6.07, 6.45) is 1.10. The molecule has 0 saturated heterocycles. The average molecular weight is 253 g/mol. The standard InChI is InChI=1S/C13H23N3S/c1-6-8-14-10-9-11(17-7-2)16-12(15-10)13(3,4)5/h9H,6-8H2,1-5H3,(H,14,15,16). The fraction of sp³-hybridized carbons (Fsp3) is 0.692. The Morgan fingerprint density at radius 1 is 1.24 bits per heavy atom. The quantitative estimate of drug-likeness (QED) is 0.641. The minimum atomic E-state index is -0.00699. The van der Waals surface area contributed by atoms with Gasteiger partial charge in [-0.2, -0.15) is 0 Å². The van der Waals surface area contributed by atoms with E-state index in [1.54, 1.807) is 11.8 Å². The lowest BCUT2D eigenvalue weighted by molar-refractivity contribution is 0.539. The van der Waals surface area contributed by atoms with Gasteiger partial charge in [0.25, 0.3) is 0 Å². The first-order valence-electron chi connectivity index (χ1n) is 6.23. The van der Waals surface area contributed by atoms with E-state index >= 15 is 0 Å². The summed E-state index contributed by atoms with van der Waals surface area (Å²) < 4.78 is 0. The van der Waals surface area contributed by atoms with Gasteiger partial charge in [0.2, 0.25) is 0 Å². The van der Waals surface area contributed by atoms with Gasteiger partial charge in [0.15, 0.2) is 0 Å². The van der Waals surface area contributed by atoms with Crippen LogP contribution in [0.25, 0.3) is 0 Å². The van der Waals surface area contributed by atoms with Crippen molar-refractivity contribution in [3.8, 4) is 0 Å². The highest BCUT2D eigenvalue weighted by atomic mass is 32.2. The van der Waals surface area contributed by atoms with Gasteiger partial charge in [-0.3, -0.25) is 0 Å². The van der Waals surface area contributed by atoms with E-state index in [1.807, 2.05) is 6.07 Å². The zero-order chi connectivity index (χ0) is 12.9. The third kappa shape index (κ3) is 4.54. The second-order valence-corrected chi connectivity index (χ2v) is 6.31. The highest BCUT2D eigenvalue weighted by Gasteiger charge is 2.19. The Hall–Kier alpha value is -0.770. The Labute approximate surface area is 109 Å². The minimum Gasteiger partial charge on any atom is -0.370 e. The van der Waals surface area contributed by atoms with Crippen LogP contribution < -0.4 is 5.32 Å². The molecule has 0 aromatic carbocycles. The van der Waals surface area contributed by atoms with Crippen LogP contribution in [-0.2, 0) is 5.41 Å². The molecule has 1 aromatic rings. The van der Waals surface area contributed by atoms with Gasteiger partial charge in [0, 0.05) is 18.0 Å². The van der Waals surface area contributed by atoms with Crippen LogP contribution >= 0.6 is 11.8 Å². The van der Waals surface area contributed by atoms with Gasteiger partial charge in [-0.05, 0) is 12.2 Å². The highest BCUT2D eigenvalue weighted by Crippen LogP contribution is 2.24. The third-order valence-electron chi connectivity index (χ3n) is 2.22. The van der Waals surface area contributed by atoms with Crippen molar-refractivity contribution in [3.63, 3.8) is 0 Å². The van der Waals surface area contributed by atoms with Crippen molar-refractivity contribution in [2.45, 2.75) is 51.5 Å². The first-order valence-corrected chi connectivity index (χ1v) is 7.22. The van der Waals surface area contributed by atoms with Gasteiger partial charge in [-0.1, -0.05) is 34.6 Å². The summed E-state index contributed by atoms with van der Waals surface area (Å²) in [5.41, 5.74) is -0.00699. The SMILES string of the molecule is CCCNc1cc(SCC)nc(C(C)(C)C)n1. The summed E-state index contributed by atoms with van der Waals surface area (Å²) in [6, 6.07) is 2.04. The molecule has 0 aliphatic rings. The monoisotopic (exact) mass is 253 g/mol. The molecule has 0 spiro atoms. The first-order chi connectivity index (χ1) is 7.97. The molecule has 0 aliphatic heterocycles. The van der Waals surface area contributed by atoms with E-state index in [0.29, 0.717) is 0 Å². The number of hydrogen-bond donors (Lipinski definition) is 1. The number of rotatable bonds is 5. The number of thioether (sulfide) groups is 1. The molecule has 0 unspecified atom stereocenters. The van der Waals surface area contributed by atoms with Crippen LogP contribution in [0.1, 0.15) is 46.9 Å². The smallest absolute Gasteiger partial charge is 0.137 e. The molecule has 0 saturated carbocycles. The van der Waals surface area contributed by atoms with Crippen LogP contribution in [0.5, 0.6) is 0 Å². The maximum atomic E-state index is 4.61. The molecule has 0 atom stereocenters. The van der Waals surface area contributed by atoms with Crippen molar-refractivity contribution in [1.82, 2.24) is 9.97 Å². The molecule has 1 N–H and O–H groups in total. The van der Waals surface area contributed by atoms with Crippen LogP contribution in [0, 0.1) is 0 Å².